The SMILES string of the molecule is Cc1ccc(N=Nc2c(S(=O)(=O)O)cc3cc(S(=O)(=O)O)cc(Nc4nc(Cl)nc(Nc5ccccc5)n4)c3c2O)cc1S(=O)(=O)O. The summed E-state index contributed by atoms with van der Waals surface area (Å²) in [5.74, 6) is -1.31. The molecule has 0 saturated heterocycles. The van der Waals surface area contributed by atoms with Gasteiger partial charge in [0.2, 0.25) is 17.2 Å². The van der Waals surface area contributed by atoms with Crippen molar-refractivity contribution in [2.75, 3.05) is 10.6 Å². The minimum atomic E-state index is -5.19. The third kappa shape index (κ3) is 7.60. The summed E-state index contributed by atoms with van der Waals surface area (Å²) in [5, 5.41) is 23.4. The van der Waals surface area contributed by atoms with E-state index >= 15 is 0 Å². The van der Waals surface area contributed by atoms with Crippen molar-refractivity contribution in [1.82, 2.24) is 15.0 Å². The molecule has 4 aromatic carbocycles. The lowest BCUT2D eigenvalue weighted by molar-refractivity contribution is 0.472. The number of aromatic nitrogens is 3. The van der Waals surface area contributed by atoms with E-state index in [0.29, 0.717) is 5.69 Å². The molecule has 21 heteroatoms. The van der Waals surface area contributed by atoms with Crippen LogP contribution in [0, 0.1) is 6.92 Å². The highest BCUT2D eigenvalue weighted by Gasteiger charge is 2.26. The van der Waals surface area contributed by atoms with Gasteiger partial charge in [-0.2, -0.15) is 45.3 Å². The Bertz CT molecular complexity index is 2430. The Morgan fingerprint density at radius 2 is 1.36 bits per heavy atom. The Hall–Kier alpha value is -4.83. The number of fused-ring (bicyclic) bond motifs is 1. The molecule has 0 atom stereocenters. The van der Waals surface area contributed by atoms with Crippen molar-refractivity contribution in [2.45, 2.75) is 21.6 Å². The fraction of sp³-hybridized carbons (Fsp3) is 0.0385. The van der Waals surface area contributed by atoms with Crippen molar-refractivity contribution in [1.29, 1.82) is 0 Å². The molecule has 0 spiro atoms. The van der Waals surface area contributed by atoms with Crippen molar-refractivity contribution >= 4 is 87.4 Å². The van der Waals surface area contributed by atoms with E-state index in [-0.39, 0.29) is 44.9 Å². The first kappa shape index (κ1) is 33.5. The first-order chi connectivity index (χ1) is 21.9. The minimum Gasteiger partial charge on any atom is -0.505 e. The summed E-state index contributed by atoms with van der Waals surface area (Å²) < 4.78 is 102. The molecule has 5 aromatic rings. The van der Waals surface area contributed by atoms with Crippen molar-refractivity contribution in [2.24, 2.45) is 10.2 Å². The zero-order valence-corrected chi connectivity index (χ0v) is 26.6. The Morgan fingerprint density at radius 1 is 0.723 bits per heavy atom. The Labute approximate surface area is 271 Å². The molecule has 244 valence electrons. The Morgan fingerprint density at radius 3 is 1.98 bits per heavy atom. The van der Waals surface area contributed by atoms with E-state index in [0.717, 1.165) is 24.3 Å². The molecule has 0 aliphatic heterocycles. The van der Waals surface area contributed by atoms with E-state index < -0.39 is 56.5 Å². The summed E-state index contributed by atoms with van der Waals surface area (Å²) >= 11 is 6.08. The number of halogens is 1. The van der Waals surface area contributed by atoms with Crippen molar-refractivity contribution in [3.63, 3.8) is 0 Å². The maximum absolute atomic E-state index is 12.4. The van der Waals surface area contributed by atoms with Gasteiger partial charge < -0.3 is 15.7 Å². The van der Waals surface area contributed by atoms with Gasteiger partial charge >= 0.3 is 0 Å². The molecule has 0 unspecified atom stereocenters. The van der Waals surface area contributed by atoms with Crippen LogP contribution in [0.5, 0.6) is 5.75 Å². The van der Waals surface area contributed by atoms with Gasteiger partial charge in [-0.25, -0.2) is 0 Å². The molecule has 17 nitrogen and oxygen atoms in total. The number of aromatic hydroxyl groups is 1. The smallest absolute Gasteiger partial charge is 0.296 e. The molecule has 0 aliphatic carbocycles. The fourth-order valence-corrected chi connectivity index (χ4v) is 6.38. The lowest BCUT2D eigenvalue weighted by atomic mass is 10.1. The molecule has 0 amide bonds. The van der Waals surface area contributed by atoms with Gasteiger partial charge in [-0.15, -0.1) is 5.11 Å². The molecule has 0 radical (unpaired) electrons. The van der Waals surface area contributed by atoms with Gasteiger partial charge in [0, 0.05) is 11.1 Å². The number of benzene rings is 4. The molecule has 0 bridgehead atoms. The third-order valence-electron chi connectivity index (χ3n) is 6.30. The van der Waals surface area contributed by atoms with E-state index in [1.807, 2.05) is 0 Å². The zero-order chi connectivity index (χ0) is 34.3. The molecule has 1 heterocycles. The Balaban J connectivity index is 1.71. The van der Waals surface area contributed by atoms with Crippen LogP contribution in [0.25, 0.3) is 10.8 Å². The van der Waals surface area contributed by atoms with Crippen molar-refractivity contribution in [3.8, 4) is 5.75 Å². The molecular formula is C26H20ClN7O10S3. The van der Waals surface area contributed by atoms with E-state index in [1.165, 1.54) is 19.1 Å². The molecule has 0 saturated carbocycles. The predicted molar refractivity (Wildman–Crippen MR) is 168 cm³/mol. The zero-order valence-electron chi connectivity index (χ0n) is 23.4. The summed E-state index contributed by atoms with van der Waals surface area (Å²) in [6, 6.07) is 14.6. The van der Waals surface area contributed by atoms with Gasteiger partial charge in [-0.3, -0.25) is 13.7 Å². The van der Waals surface area contributed by atoms with Gasteiger partial charge in [-0.1, -0.05) is 24.3 Å². The lowest BCUT2D eigenvalue weighted by Gasteiger charge is -2.15. The summed E-state index contributed by atoms with van der Waals surface area (Å²) in [4.78, 5) is 9.77. The van der Waals surface area contributed by atoms with Gasteiger partial charge in [0.05, 0.1) is 21.2 Å². The van der Waals surface area contributed by atoms with E-state index in [4.69, 9.17) is 11.6 Å². The van der Waals surface area contributed by atoms with Crippen molar-refractivity contribution < 1.29 is 44.0 Å². The second kappa shape index (κ2) is 12.4. The number of nitrogens with one attached hydrogen (secondary N) is 2. The minimum absolute atomic E-state index is 0.0522. The highest BCUT2D eigenvalue weighted by Crippen LogP contribution is 2.45. The number of para-hydroxylation sites is 1. The van der Waals surface area contributed by atoms with Crippen LogP contribution in [0.4, 0.5) is 34.6 Å². The van der Waals surface area contributed by atoms with Gasteiger partial charge in [0.1, 0.15) is 10.6 Å². The van der Waals surface area contributed by atoms with Gasteiger partial charge in [-0.05, 0) is 71.9 Å². The molecule has 5 rings (SSSR count). The first-order valence-corrected chi connectivity index (χ1v) is 17.4. The number of rotatable bonds is 9. The van der Waals surface area contributed by atoms with Crippen LogP contribution in [0.15, 0.2) is 91.6 Å². The maximum Gasteiger partial charge on any atom is 0.296 e. The number of phenols is 1. The van der Waals surface area contributed by atoms with Crippen LogP contribution in [-0.4, -0.2) is 59.0 Å². The highest BCUT2D eigenvalue weighted by atomic mass is 35.5. The molecule has 47 heavy (non-hydrogen) atoms. The van der Waals surface area contributed by atoms with Crippen LogP contribution in [0.3, 0.4) is 0 Å². The summed E-state index contributed by atoms with van der Waals surface area (Å²) in [5.41, 5.74) is -0.645. The maximum atomic E-state index is 12.4. The van der Waals surface area contributed by atoms with E-state index in [9.17, 15) is 44.0 Å². The number of aryl methyl sites for hydroxylation is 1. The van der Waals surface area contributed by atoms with Crippen LogP contribution in [0.2, 0.25) is 5.28 Å². The fourth-order valence-electron chi connectivity index (χ4n) is 4.27. The van der Waals surface area contributed by atoms with Crippen LogP contribution in [-0.2, 0) is 30.4 Å². The molecule has 0 aliphatic rings. The number of azo groups is 1. The average Bonchev–Trinajstić information content (AvgIpc) is 2.95. The molecular weight excluding hydrogens is 702 g/mol. The third-order valence-corrected chi connectivity index (χ3v) is 9.16. The predicted octanol–water partition coefficient (Wildman–Crippen LogP) is 5.33. The number of hydrogen-bond acceptors (Lipinski definition) is 14. The van der Waals surface area contributed by atoms with Gasteiger partial charge in [0.25, 0.3) is 30.4 Å². The molecule has 1 aromatic heterocycles. The Kier molecular flexibility index (Phi) is 8.85. The summed E-state index contributed by atoms with van der Waals surface area (Å²) in [6.07, 6.45) is 0. The monoisotopic (exact) mass is 721 g/mol. The lowest BCUT2D eigenvalue weighted by Crippen LogP contribution is -2.06. The number of hydrogen-bond donors (Lipinski definition) is 6. The number of phenolic OH excluding ortho intramolecular Hbond substituents is 1. The standard InChI is InChI=1S/C26H20ClN7O10S3/c1-13-7-8-16(11-19(13)46(39,40)41)33-34-22-20(47(42,43)44)10-14-9-17(45(36,37)38)12-18(21(14)23(22)35)29-26-31-24(27)30-25(32-26)28-15-5-3-2-4-6-15/h2-12,35H,1H3,(H,36,37,38)(H,39,40,41)(H,42,43,44)(H2,28,29,30,31,32). The first-order valence-electron chi connectivity index (χ1n) is 12.7. The summed E-state index contributed by atoms with van der Waals surface area (Å²) in [7, 11) is -14.8. The van der Waals surface area contributed by atoms with E-state index in [2.05, 4.69) is 35.8 Å². The van der Waals surface area contributed by atoms with E-state index in [1.54, 1.807) is 30.3 Å². The number of anilines is 4. The molecule has 0 fully saturated rings. The van der Waals surface area contributed by atoms with Crippen molar-refractivity contribution in [3.05, 3.63) is 77.6 Å². The molecule has 6 N–H and O–H groups in total. The second-order valence-electron chi connectivity index (χ2n) is 9.58. The van der Waals surface area contributed by atoms with Crippen LogP contribution < -0.4 is 10.6 Å². The van der Waals surface area contributed by atoms with Gasteiger partial charge in [0.15, 0.2) is 5.75 Å². The normalized spacial score (nSPS) is 12.4. The summed E-state index contributed by atoms with van der Waals surface area (Å²) in [6.45, 7) is 1.39. The quantitative estimate of drug-likeness (QED) is 0.0828. The second-order valence-corrected chi connectivity index (χ2v) is 14.1. The van der Waals surface area contributed by atoms with Crippen LogP contribution >= 0.6 is 11.6 Å². The van der Waals surface area contributed by atoms with Crippen LogP contribution in [0.1, 0.15) is 5.56 Å². The highest BCUT2D eigenvalue weighted by molar-refractivity contribution is 7.86. The topological polar surface area (TPSA) is 271 Å². The number of nitrogens with zero attached hydrogens (tertiary/aromatic N) is 5. The average molecular weight is 722 g/mol. The largest absolute Gasteiger partial charge is 0.505 e.